The van der Waals surface area contributed by atoms with Gasteiger partial charge in [-0.2, -0.15) is 5.10 Å². The summed E-state index contributed by atoms with van der Waals surface area (Å²) in [7, 11) is 2.08. The average Bonchev–Trinajstić information content (AvgIpc) is 2.70. The molecule has 4 nitrogen and oxygen atoms in total. The van der Waals surface area contributed by atoms with Crippen LogP contribution in [0.5, 0.6) is 0 Å². The van der Waals surface area contributed by atoms with Crippen LogP contribution in [0.3, 0.4) is 0 Å². The van der Waals surface area contributed by atoms with Crippen LogP contribution in [0.2, 0.25) is 0 Å². The van der Waals surface area contributed by atoms with Gasteiger partial charge >= 0.3 is 0 Å². The molecule has 1 fully saturated rings. The molecule has 18 heavy (non-hydrogen) atoms. The Morgan fingerprint density at radius 2 is 2.28 bits per heavy atom. The zero-order valence-electron chi connectivity index (χ0n) is 12.1. The summed E-state index contributed by atoms with van der Waals surface area (Å²) in [5, 5.41) is 7.94. The van der Waals surface area contributed by atoms with Crippen LogP contribution in [0.15, 0.2) is 6.07 Å². The Morgan fingerprint density at radius 3 is 2.89 bits per heavy atom. The summed E-state index contributed by atoms with van der Waals surface area (Å²) in [6.07, 6.45) is 1.25. The third kappa shape index (κ3) is 2.93. The van der Waals surface area contributed by atoms with Crippen molar-refractivity contribution in [1.29, 1.82) is 0 Å². The quantitative estimate of drug-likeness (QED) is 0.882. The molecule has 0 aliphatic carbocycles. The highest BCUT2D eigenvalue weighted by molar-refractivity contribution is 5.09. The molecule has 0 aromatic carbocycles. The van der Waals surface area contributed by atoms with Gasteiger partial charge in [-0.1, -0.05) is 6.92 Å². The molecule has 1 aliphatic rings. The Kier molecular flexibility index (Phi) is 4.40. The molecule has 102 valence electrons. The second kappa shape index (κ2) is 5.85. The fourth-order valence-electron chi connectivity index (χ4n) is 3.03. The minimum atomic E-state index is 0.680. The Morgan fingerprint density at radius 1 is 1.50 bits per heavy atom. The van der Waals surface area contributed by atoms with E-state index in [4.69, 9.17) is 0 Å². The molecule has 2 unspecified atom stereocenters. The minimum absolute atomic E-state index is 0.680. The van der Waals surface area contributed by atoms with Crippen molar-refractivity contribution in [3.05, 3.63) is 17.5 Å². The molecule has 1 N–H and O–H groups in total. The van der Waals surface area contributed by atoms with E-state index >= 15 is 0 Å². The van der Waals surface area contributed by atoms with Crippen LogP contribution < -0.4 is 5.32 Å². The summed E-state index contributed by atoms with van der Waals surface area (Å²) in [6, 6.07) is 2.90. The largest absolute Gasteiger partial charge is 0.317 e. The third-order valence-electron chi connectivity index (χ3n) is 4.03. The highest BCUT2D eigenvalue weighted by atomic mass is 15.3. The van der Waals surface area contributed by atoms with E-state index in [1.54, 1.807) is 0 Å². The molecule has 0 radical (unpaired) electrons. The van der Waals surface area contributed by atoms with Crippen LogP contribution in [0.25, 0.3) is 0 Å². The van der Waals surface area contributed by atoms with Gasteiger partial charge in [0.1, 0.15) is 0 Å². The summed E-state index contributed by atoms with van der Waals surface area (Å²) >= 11 is 0. The second-order valence-corrected chi connectivity index (χ2v) is 5.49. The van der Waals surface area contributed by atoms with Crippen LogP contribution in [0.4, 0.5) is 0 Å². The lowest BCUT2D eigenvalue weighted by atomic mass is 9.94. The van der Waals surface area contributed by atoms with Gasteiger partial charge in [0.05, 0.1) is 11.4 Å². The van der Waals surface area contributed by atoms with Crippen molar-refractivity contribution in [1.82, 2.24) is 20.0 Å². The highest BCUT2D eigenvalue weighted by Crippen LogP contribution is 2.19. The first-order valence-corrected chi connectivity index (χ1v) is 7.07. The topological polar surface area (TPSA) is 33.1 Å². The molecule has 0 spiro atoms. The first kappa shape index (κ1) is 13.6. The smallest absolute Gasteiger partial charge is 0.0597 e. The van der Waals surface area contributed by atoms with Crippen LogP contribution in [-0.2, 0) is 13.1 Å². The number of aromatic nitrogens is 2. The van der Waals surface area contributed by atoms with Crippen molar-refractivity contribution in [2.45, 2.75) is 46.3 Å². The van der Waals surface area contributed by atoms with E-state index in [9.17, 15) is 0 Å². The van der Waals surface area contributed by atoms with Gasteiger partial charge in [0.2, 0.25) is 0 Å². The predicted molar refractivity (Wildman–Crippen MR) is 74.5 cm³/mol. The number of nitrogens with zero attached hydrogens (tertiary/aromatic N) is 3. The molecule has 1 aromatic rings. The van der Waals surface area contributed by atoms with E-state index in [0.29, 0.717) is 6.04 Å². The molecule has 0 saturated carbocycles. The van der Waals surface area contributed by atoms with E-state index in [1.807, 2.05) is 0 Å². The van der Waals surface area contributed by atoms with Crippen molar-refractivity contribution < 1.29 is 0 Å². The van der Waals surface area contributed by atoms with Crippen molar-refractivity contribution in [3.8, 4) is 0 Å². The highest BCUT2D eigenvalue weighted by Gasteiger charge is 2.25. The van der Waals surface area contributed by atoms with Crippen molar-refractivity contribution in [2.24, 2.45) is 5.92 Å². The van der Waals surface area contributed by atoms with Gasteiger partial charge in [-0.25, -0.2) is 0 Å². The Hall–Kier alpha value is -0.870. The number of hydrogen-bond acceptors (Lipinski definition) is 3. The van der Waals surface area contributed by atoms with Crippen LogP contribution in [-0.4, -0.2) is 40.9 Å². The van der Waals surface area contributed by atoms with E-state index in [2.05, 4.69) is 53.9 Å². The number of nitrogens with one attached hydrogen (secondary N) is 1. The lowest BCUT2D eigenvalue weighted by molar-refractivity contribution is 0.142. The molecule has 0 bridgehead atoms. The maximum atomic E-state index is 4.52. The van der Waals surface area contributed by atoms with Crippen LogP contribution >= 0.6 is 0 Å². The number of rotatable bonds is 4. The van der Waals surface area contributed by atoms with Gasteiger partial charge in [-0.3, -0.25) is 9.58 Å². The molecule has 2 atom stereocenters. The van der Waals surface area contributed by atoms with Gasteiger partial charge in [-0.05, 0) is 39.3 Å². The Labute approximate surface area is 110 Å². The molecule has 1 aliphatic heterocycles. The fraction of sp³-hybridized carbons (Fsp3) is 0.786. The third-order valence-corrected chi connectivity index (χ3v) is 4.03. The van der Waals surface area contributed by atoms with Gasteiger partial charge < -0.3 is 5.32 Å². The van der Waals surface area contributed by atoms with Gasteiger partial charge in [0.15, 0.2) is 0 Å². The number of hydrogen-bond donors (Lipinski definition) is 1. The standard InChI is InChI=1S/C14H26N4/c1-5-18-13(8-12(3)16-18)10-17-7-6-14(15-4)11(2)9-17/h8,11,14-15H,5-7,9-10H2,1-4H3. The predicted octanol–water partition coefficient (Wildman–Crippen LogP) is 1.64. The summed E-state index contributed by atoms with van der Waals surface area (Å²) in [6.45, 7) is 10.9. The van der Waals surface area contributed by atoms with Crippen molar-refractivity contribution in [3.63, 3.8) is 0 Å². The first-order chi connectivity index (χ1) is 8.63. The minimum Gasteiger partial charge on any atom is -0.317 e. The molecular formula is C14H26N4. The monoisotopic (exact) mass is 250 g/mol. The van der Waals surface area contributed by atoms with E-state index < -0.39 is 0 Å². The van der Waals surface area contributed by atoms with Crippen LogP contribution in [0.1, 0.15) is 31.7 Å². The van der Waals surface area contributed by atoms with Gasteiger partial charge in [-0.15, -0.1) is 0 Å². The van der Waals surface area contributed by atoms with Gasteiger partial charge in [0.25, 0.3) is 0 Å². The van der Waals surface area contributed by atoms with Gasteiger partial charge in [0, 0.05) is 32.2 Å². The molecule has 2 heterocycles. The molecule has 2 rings (SSSR count). The zero-order chi connectivity index (χ0) is 13.1. The van der Waals surface area contributed by atoms with E-state index in [1.165, 1.54) is 25.2 Å². The van der Waals surface area contributed by atoms with Crippen LogP contribution in [0, 0.1) is 12.8 Å². The average molecular weight is 250 g/mol. The normalized spacial score (nSPS) is 25.6. The molecule has 1 saturated heterocycles. The zero-order valence-corrected chi connectivity index (χ0v) is 12.1. The van der Waals surface area contributed by atoms with Crippen molar-refractivity contribution in [2.75, 3.05) is 20.1 Å². The lowest BCUT2D eigenvalue weighted by Crippen LogP contribution is -2.46. The summed E-state index contributed by atoms with van der Waals surface area (Å²) < 4.78 is 2.13. The Balaban J connectivity index is 1.98. The number of piperidine rings is 1. The lowest BCUT2D eigenvalue weighted by Gasteiger charge is -2.36. The molecular weight excluding hydrogens is 224 g/mol. The SMILES string of the molecule is CCn1nc(C)cc1CN1CCC(NC)C(C)C1. The summed E-state index contributed by atoms with van der Waals surface area (Å²) in [4.78, 5) is 2.56. The molecule has 0 amide bonds. The molecule has 1 aromatic heterocycles. The maximum Gasteiger partial charge on any atom is 0.0597 e. The summed E-state index contributed by atoms with van der Waals surface area (Å²) in [5.74, 6) is 0.725. The first-order valence-electron chi connectivity index (χ1n) is 7.07. The second-order valence-electron chi connectivity index (χ2n) is 5.49. The van der Waals surface area contributed by atoms with E-state index in [-0.39, 0.29) is 0 Å². The summed E-state index contributed by atoms with van der Waals surface area (Å²) in [5.41, 5.74) is 2.48. The fourth-order valence-corrected chi connectivity index (χ4v) is 3.03. The van der Waals surface area contributed by atoms with E-state index in [0.717, 1.165) is 24.7 Å². The maximum absolute atomic E-state index is 4.52. The molecule has 4 heteroatoms. The number of likely N-dealkylation sites (tertiary alicyclic amines) is 1. The Bertz CT molecular complexity index is 385. The number of aryl methyl sites for hydroxylation is 2. The van der Waals surface area contributed by atoms with Crippen molar-refractivity contribution >= 4 is 0 Å².